The van der Waals surface area contributed by atoms with Crippen molar-refractivity contribution >= 4 is 35.1 Å². The number of nitrogens with zero attached hydrogens (tertiary/aromatic N) is 1. The number of ether oxygens (including phenoxy) is 1. The van der Waals surface area contributed by atoms with Crippen LogP contribution in [0.1, 0.15) is 65.8 Å². The summed E-state index contributed by atoms with van der Waals surface area (Å²) in [6.45, 7) is 0.667. The molecule has 0 radical (unpaired) electrons. The molecule has 1 atom stereocenters. The van der Waals surface area contributed by atoms with Gasteiger partial charge in [0.25, 0.3) is 5.91 Å². The Morgan fingerprint density at radius 2 is 1.85 bits per heavy atom. The molecule has 1 aromatic heterocycles. The largest absolute Gasteiger partial charge is 0.480 e. The van der Waals surface area contributed by atoms with Crippen molar-refractivity contribution in [1.82, 2.24) is 10.3 Å². The Balaban J connectivity index is 1.17. The second-order valence-electron chi connectivity index (χ2n) is 9.25. The van der Waals surface area contributed by atoms with Crippen LogP contribution in [0.2, 0.25) is 10.0 Å². The average molecular weight is 505 g/mol. The van der Waals surface area contributed by atoms with Crippen molar-refractivity contribution in [2.75, 3.05) is 6.61 Å². The van der Waals surface area contributed by atoms with Crippen LogP contribution >= 0.6 is 23.2 Å². The van der Waals surface area contributed by atoms with Crippen molar-refractivity contribution in [3.05, 3.63) is 62.9 Å². The number of aliphatic carboxylic acids is 1. The number of fused-ring (bicyclic) bond motifs is 1. The highest BCUT2D eigenvalue weighted by Gasteiger charge is 2.34. The lowest BCUT2D eigenvalue weighted by molar-refractivity contribution is -0.140. The van der Waals surface area contributed by atoms with Crippen molar-refractivity contribution in [1.29, 1.82) is 0 Å². The molecule has 1 unspecified atom stereocenters. The quantitative estimate of drug-likeness (QED) is 0.430. The van der Waals surface area contributed by atoms with E-state index in [1.54, 1.807) is 18.2 Å². The average Bonchev–Trinajstić information content (AvgIpc) is 2.78. The van der Waals surface area contributed by atoms with Crippen LogP contribution in [0, 0.1) is 5.92 Å². The van der Waals surface area contributed by atoms with Crippen molar-refractivity contribution in [2.24, 2.45) is 5.92 Å². The number of aryl methyl sites for hydroxylation is 3. The van der Waals surface area contributed by atoms with E-state index in [4.69, 9.17) is 32.9 Å². The molecule has 182 valence electrons. The van der Waals surface area contributed by atoms with Crippen molar-refractivity contribution < 1.29 is 19.4 Å². The van der Waals surface area contributed by atoms with E-state index in [0.29, 0.717) is 13.0 Å². The molecule has 0 spiro atoms. The van der Waals surface area contributed by atoms with Gasteiger partial charge in [-0.3, -0.25) is 9.78 Å². The third-order valence-corrected chi connectivity index (χ3v) is 7.35. The van der Waals surface area contributed by atoms with E-state index in [1.165, 1.54) is 24.1 Å². The Bertz CT molecular complexity index is 1020. The lowest BCUT2D eigenvalue weighted by atomic mass is 9.78. The van der Waals surface area contributed by atoms with Gasteiger partial charge in [-0.05, 0) is 87.5 Å². The van der Waals surface area contributed by atoms with Gasteiger partial charge in [-0.25, -0.2) is 4.79 Å². The number of nitrogens with one attached hydrogen (secondary N) is 1. The number of rotatable bonds is 10. The number of benzene rings is 1. The minimum Gasteiger partial charge on any atom is -0.480 e. The SMILES string of the molecule is O=C(NC(CC1CC(OCCCc2ccc3c(n2)CCCC3)C1)C(=O)O)c1c(Cl)cccc1Cl. The third kappa shape index (κ3) is 6.29. The first kappa shape index (κ1) is 25.0. The first-order valence-electron chi connectivity index (χ1n) is 12.0. The molecule has 2 N–H and O–H groups in total. The topological polar surface area (TPSA) is 88.5 Å². The summed E-state index contributed by atoms with van der Waals surface area (Å²) in [5.74, 6) is -1.46. The summed E-state index contributed by atoms with van der Waals surface area (Å²) >= 11 is 12.1. The number of hydrogen-bond donors (Lipinski definition) is 2. The third-order valence-electron chi connectivity index (χ3n) is 6.72. The summed E-state index contributed by atoms with van der Waals surface area (Å²) in [5, 5.41) is 12.5. The number of halogens is 2. The van der Waals surface area contributed by atoms with E-state index in [9.17, 15) is 14.7 Å². The van der Waals surface area contributed by atoms with Crippen LogP contribution in [0.3, 0.4) is 0 Å². The Hall–Kier alpha value is -2.15. The van der Waals surface area contributed by atoms with Gasteiger partial charge in [0, 0.05) is 18.0 Å². The van der Waals surface area contributed by atoms with Gasteiger partial charge in [-0.1, -0.05) is 35.3 Å². The van der Waals surface area contributed by atoms with E-state index >= 15 is 0 Å². The minimum atomic E-state index is -1.07. The summed E-state index contributed by atoms with van der Waals surface area (Å²) < 4.78 is 5.97. The van der Waals surface area contributed by atoms with Crippen LogP contribution < -0.4 is 5.32 Å². The zero-order chi connectivity index (χ0) is 24.1. The number of carboxylic acids is 1. The molecule has 1 saturated carbocycles. The van der Waals surface area contributed by atoms with Gasteiger partial charge in [0.05, 0.1) is 21.7 Å². The van der Waals surface area contributed by atoms with Gasteiger partial charge in [-0.15, -0.1) is 0 Å². The Morgan fingerprint density at radius 3 is 2.59 bits per heavy atom. The van der Waals surface area contributed by atoms with E-state index in [2.05, 4.69) is 17.4 Å². The molecule has 2 aromatic rings. The summed E-state index contributed by atoms with van der Waals surface area (Å²) in [5.41, 5.74) is 3.90. The molecular weight excluding hydrogens is 475 g/mol. The standard InChI is InChI=1S/C26H30Cl2N2O4/c27-20-7-3-8-21(28)24(20)25(31)30-23(26(32)33)15-16-13-19(14-16)34-12-4-6-18-11-10-17-5-1-2-9-22(17)29-18/h3,7-8,10-11,16,19,23H,1-2,4-6,9,12-15H2,(H,30,31)(H,32,33). The number of aromatic nitrogens is 1. The summed E-state index contributed by atoms with van der Waals surface area (Å²) in [6, 6.07) is 8.10. The molecule has 1 aromatic carbocycles. The molecule has 0 aliphatic heterocycles. The zero-order valence-electron chi connectivity index (χ0n) is 19.1. The summed E-state index contributed by atoms with van der Waals surface area (Å²) in [4.78, 5) is 29.1. The maximum Gasteiger partial charge on any atom is 0.326 e. The minimum absolute atomic E-state index is 0.0975. The number of hydrogen-bond acceptors (Lipinski definition) is 4. The molecule has 8 heteroatoms. The van der Waals surface area contributed by atoms with E-state index in [-0.39, 0.29) is 27.6 Å². The first-order valence-corrected chi connectivity index (χ1v) is 12.7. The molecule has 2 aliphatic rings. The molecule has 1 amide bonds. The van der Waals surface area contributed by atoms with Crippen LogP contribution in [0.15, 0.2) is 30.3 Å². The Morgan fingerprint density at radius 1 is 1.12 bits per heavy atom. The van der Waals surface area contributed by atoms with Gasteiger partial charge in [0.1, 0.15) is 6.04 Å². The Kier molecular flexibility index (Phi) is 8.46. The second kappa shape index (κ2) is 11.5. The van der Waals surface area contributed by atoms with Crippen molar-refractivity contribution in [3.8, 4) is 0 Å². The van der Waals surface area contributed by atoms with E-state index in [1.807, 2.05) is 0 Å². The van der Waals surface area contributed by atoms with Crippen molar-refractivity contribution in [3.63, 3.8) is 0 Å². The van der Waals surface area contributed by atoms with Crippen LogP contribution in [0.25, 0.3) is 0 Å². The van der Waals surface area contributed by atoms with Crippen molar-refractivity contribution in [2.45, 2.75) is 69.9 Å². The molecule has 6 nitrogen and oxygen atoms in total. The molecule has 0 bridgehead atoms. The van der Waals surface area contributed by atoms with E-state index in [0.717, 1.165) is 44.2 Å². The van der Waals surface area contributed by atoms with Gasteiger partial charge in [0.2, 0.25) is 0 Å². The molecule has 1 fully saturated rings. The molecule has 34 heavy (non-hydrogen) atoms. The maximum atomic E-state index is 12.6. The monoisotopic (exact) mass is 504 g/mol. The molecule has 2 aliphatic carbocycles. The smallest absolute Gasteiger partial charge is 0.326 e. The number of amides is 1. The number of pyridine rings is 1. The predicted octanol–water partition coefficient (Wildman–Crippen LogP) is 5.27. The fraction of sp³-hybridized carbons (Fsp3) is 0.500. The summed E-state index contributed by atoms with van der Waals surface area (Å²) in [6.07, 6.45) is 8.64. The van der Waals surface area contributed by atoms with Crippen LogP contribution in [-0.2, 0) is 28.8 Å². The molecule has 4 rings (SSSR count). The van der Waals surface area contributed by atoms with Gasteiger partial charge >= 0.3 is 5.97 Å². The lowest BCUT2D eigenvalue weighted by Gasteiger charge is -2.36. The number of carboxylic acid groups (broad SMARTS) is 1. The fourth-order valence-electron chi connectivity index (χ4n) is 4.77. The Labute approximate surface area is 210 Å². The van der Waals surface area contributed by atoms with Crippen LogP contribution in [0.4, 0.5) is 0 Å². The van der Waals surface area contributed by atoms with E-state index < -0.39 is 17.9 Å². The number of carbonyl (C=O) groups excluding carboxylic acids is 1. The molecular formula is C26H30Cl2N2O4. The highest BCUT2D eigenvalue weighted by atomic mass is 35.5. The summed E-state index contributed by atoms with van der Waals surface area (Å²) in [7, 11) is 0. The highest BCUT2D eigenvalue weighted by Crippen LogP contribution is 2.34. The lowest BCUT2D eigenvalue weighted by Crippen LogP contribution is -2.45. The second-order valence-corrected chi connectivity index (χ2v) is 10.1. The molecule has 0 saturated heterocycles. The molecule has 1 heterocycles. The fourth-order valence-corrected chi connectivity index (χ4v) is 5.34. The predicted molar refractivity (Wildman–Crippen MR) is 132 cm³/mol. The van der Waals surface area contributed by atoms with Crippen LogP contribution in [0.5, 0.6) is 0 Å². The first-order chi connectivity index (χ1) is 16.4. The maximum absolute atomic E-state index is 12.6. The highest BCUT2D eigenvalue weighted by molar-refractivity contribution is 6.39. The number of carbonyl (C=O) groups is 2. The zero-order valence-corrected chi connectivity index (χ0v) is 20.6. The van der Waals surface area contributed by atoms with Gasteiger partial charge in [0.15, 0.2) is 0 Å². The van der Waals surface area contributed by atoms with Gasteiger partial charge in [-0.2, -0.15) is 0 Å². The van der Waals surface area contributed by atoms with Gasteiger partial charge < -0.3 is 15.2 Å². The van der Waals surface area contributed by atoms with Crippen LogP contribution in [-0.4, -0.2) is 40.7 Å². The normalized spacial score (nSPS) is 20.2.